The van der Waals surface area contributed by atoms with Crippen molar-refractivity contribution in [1.82, 2.24) is 14.8 Å². The molecule has 0 saturated carbocycles. The summed E-state index contributed by atoms with van der Waals surface area (Å²) in [6.07, 6.45) is -2.86. The van der Waals surface area contributed by atoms with E-state index in [-0.39, 0.29) is 41.5 Å². The van der Waals surface area contributed by atoms with E-state index in [1.165, 1.54) is 25.1 Å². The standard InChI is InChI=1S/C36H42F5N3O4/c1-19(2)10-30(44-18-24(14-26-8-7-9-43(26)6)28(16-31(44)45)36(39,40)41)35(48)42-29(17-32(46)47)27-15-23(11-22(5)34(27)38)33-20(3)12-25(37)13-21(33)4/h11-13,15-16,18-19,26,29-30H,7-10,14,17H2,1-6H3,(H,42,48)(H,46,47). The predicted octanol–water partition coefficient (Wildman–Crippen LogP) is 7.29. The minimum Gasteiger partial charge on any atom is -0.481 e. The second kappa shape index (κ2) is 14.6. The van der Waals surface area contributed by atoms with Crippen LogP contribution in [0.5, 0.6) is 0 Å². The molecule has 0 aliphatic carbocycles. The van der Waals surface area contributed by atoms with Crippen LogP contribution in [-0.2, 0) is 22.2 Å². The first-order valence-corrected chi connectivity index (χ1v) is 16.0. The van der Waals surface area contributed by atoms with E-state index < -0.39 is 59.3 Å². The van der Waals surface area contributed by atoms with Crippen LogP contribution in [-0.4, -0.2) is 46.1 Å². The number of nitrogens with one attached hydrogen (secondary N) is 1. The highest BCUT2D eigenvalue weighted by atomic mass is 19.4. The van der Waals surface area contributed by atoms with Gasteiger partial charge in [0.1, 0.15) is 17.7 Å². The van der Waals surface area contributed by atoms with Gasteiger partial charge in [-0.05, 0) is 124 Å². The number of likely N-dealkylation sites (tertiary alicyclic amines) is 1. The van der Waals surface area contributed by atoms with Gasteiger partial charge < -0.3 is 19.9 Å². The van der Waals surface area contributed by atoms with Gasteiger partial charge in [-0.2, -0.15) is 13.2 Å². The van der Waals surface area contributed by atoms with E-state index in [2.05, 4.69) is 5.32 Å². The molecule has 1 saturated heterocycles. The highest BCUT2D eigenvalue weighted by molar-refractivity contribution is 5.82. The number of hydrogen-bond acceptors (Lipinski definition) is 4. The van der Waals surface area contributed by atoms with E-state index in [4.69, 9.17) is 0 Å². The molecule has 48 heavy (non-hydrogen) atoms. The Kier molecular flexibility index (Phi) is 11.2. The van der Waals surface area contributed by atoms with Crippen molar-refractivity contribution >= 4 is 11.9 Å². The molecular weight excluding hydrogens is 633 g/mol. The summed E-state index contributed by atoms with van der Waals surface area (Å²) in [6, 6.07) is 3.25. The normalized spacial score (nSPS) is 16.7. The van der Waals surface area contributed by atoms with Crippen molar-refractivity contribution in [2.75, 3.05) is 13.6 Å². The molecule has 0 bridgehead atoms. The molecule has 1 aliphatic rings. The molecule has 2 heterocycles. The first kappa shape index (κ1) is 36.8. The van der Waals surface area contributed by atoms with Crippen molar-refractivity contribution < 1.29 is 36.6 Å². The lowest BCUT2D eigenvalue weighted by atomic mass is 9.90. The number of likely N-dealkylation sites (N-methyl/N-ethyl adjacent to an activating group) is 1. The molecule has 12 heteroatoms. The van der Waals surface area contributed by atoms with Gasteiger partial charge in [-0.25, -0.2) is 8.78 Å². The average Bonchev–Trinajstić information content (AvgIpc) is 3.36. The molecule has 7 nitrogen and oxygen atoms in total. The molecule has 0 radical (unpaired) electrons. The van der Waals surface area contributed by atoms with Gasteiger partial charge in [-0.15, -0.1) is 0 Å². The molecule has 3 aromatic rings. The minimum absolute atomic E-state index is 0.0166. The van der Waals surface area contributed by atoms with Crippen molar-refractivity contribution in [2.24, 2.45) is 5.92 Å². The van der Waals surface area contributed by atoms with E-state index in [0.717, 1.165) is 23.7 Å². The largest absolute Gasteiger partial charge is 0.481 e. The molecule has 3 unspecified atom stereocenters. The molecule has 1 fully saturated rings. The molecule has 2 aromatic carbocycles. The number of rotatable bonds is 11. The van der Waals surface area contributed by atoms with Gasteiger partial charge in [0.15, 0.2) is 0 Å². The topological polar surface area (TPSA) is 91.6 Å². The van der Waals surface area contributed by atoms with Crippen LogP contribution < -0.4 is 10.9 Å². The van der Waals surface area contributed by atoms with Gasteiger partial charge in [0.2, 0.25) is 5.91 Å². The second-order valence-electron chi connectivity index (χ2n) is 13.4. The number of pyridine rings is 1. The van der Waals surface area contributed by atoms with Gasteiger partial charge in [0, 0.05) is 23.9 Å². The van der Waals surface area contributed by atoms with Crippen LogP contribution in [0.4, 0.5) is 22.0 Å². The summed E-state index contributed by atoms with van der Waals surface area (Å²) in [5, 5.41) is 12.4. The van der Waals surface area contributed by atoms with Crippen LogP contribution in [0.15, 0.2) is 41.3 Å². The van der Waals surface area contributed by atoms with E-state index in [0.29, 0.717) is 34.7 Å². The van der Waals surface area contributed by atoms with Crippen LogP contribution in [0, 0.1) is 38.3 Å². The van der Waals surface area contributed by atoms with Crippen LogP contribution in [0.1, 0.15) is 85.0 Å². The summed E-state index contributed by atoms with van der Waals surface area (Å²) >= 11 is 0. The molecule has 260 valence electrons. The number of carbonyl (C=O) groups excluding carboxylic acids is 1. The van der Waals surface area contributed by atoms with Crippen LogP contribution in [0.25, 0.3) is 11.1 Å². The van der Waals surface area contributed by atoms with Gasteiger partial charge in [0.25, 0.3) is 5.56 Å². The average molecular weight is 676 g/mol. The van der Waals surface area contributed by atoms with Crippen molar-refractivity contribution in [3.05, 3.63) is 91.9 Å². The molecule has 1 amide bonds. The zero-order chi connectivity index (χ0) is 35.7. The van der Waals surface area contributed by atoms with Crippen LogP contribution in [0.3, 0.4) is 0 Å². The highest BCUT2D eigenvalue weighted by Gasteiger charge is 2.37. The number of halogens is 5. The maximum Gasteiger partial charge on any atom is 0.416 e. The summed E-state index contributed by atoms with van der Waals surface area (Å²) in [6.45, 7) is 9.15. The van der Waals surface area contributed by atoms with Crippen molar-refractivity contribution in [1.29, 1.82) is 0 Å². The summed E-state index contributed by atoms with van der Waals surface area (Å²) < 4.78 is 73.2. The Morgan fingerprint density at radius 1 is 1.02 bits per heavy atom. The van der Waals surface area contributed by atoms with Crippen molar-refractivity contribution in [3.8, 4) is 11.1 Å². The number of hydrogen-bond donors (Lipinski definition) is 2. The SMILES string of the molecule is Cc1cc(-c2c(C)cc(F)cc2C)cc(C(CC(=O)O)NC(=O)C(CC(C)C)n2cc(CC3CCCN3C)c(C(F)(F)F)cc2=O)c1F. The predicted molar refractivity (Wildman–Crippen MR) is 173 cm³/mol. The Labute approximate surface area is 276 Å². The number of amides is 1. The molecule has 0 spiro atoms. The fourth-order valence-corrected chi connectivity index (χ4v) is 6.79. The number of aromatic nitrogens is 1. The first-order valence-electron chi connectivity index (χ1n) is 16.0. The quantitative estimate of drug-likeness (QED) is 0.208. The number of aryl methyl sites for hydroxylation is 3. The van der Waals surface area contributed by atoms with E-state index in [9.17, 15) is 37.1 Å². The third kappa shape index (κ3) is 8.32. The van der Waals surface area contributed by atoms with Crippen molar-refractivity contribution in [2.45, 2.75) is 91.0 Å². The van der Waals surface area contributed by atoms with E-state index in [1.807, 2.05) is 11.9 Å². The maximum atomic E-state index is 15.8. The lowest BCUT2D eigenvalue weighted by molar-refractivity contribution is -0.139. The Morgan fingerprint density at radius 2 is 1.67 bits per heavy atom. The summed E-state index contributed by atoms with van der Waals surface area (Å²) in [5.41, 5.74) is 0.0710. The molecule has 3 atom stereocenters. The van der Waals surface area contributed by atoms with E-state index >= 15 is 4.39 Å². The number of alkyl halides is 3. The number of carboxylic acids is 1. The molecule has 1 aliphatic heterocycles. The third-order valence-corrected chi connectivity index (χ3v) is 9.07. The summed E-state index contributed by atoms with van der Waals surface area (Å²) in [4.78, 5) is 41.3. The Bertz CT molecular complexity index is 1730. The number of carbonyl (C=O) groups is 2. The monoisotopic (exact) mass is 675 g/mol. The number of aliphatic carboxylic acids is 1. The van der Waals surface area contributed by atoms with Gasteiger partial charge in [0.05, 0.1) is 18.0 Å². The third-order valence-electron chi connectivity index (χ3n) is 9.07. The van der Waals surface area contributed by atoms with Gasteiger partial charge in [-0.3, -0.25) is 14.4 Å². The van der Waals surface area contributed by atoms with Gasteiger partial charge >= 0.3 is 12.1 Å². The number of nitrogens with zero attached hydrogens (tertiary/aromatic N) is 2. The van der Waals surface area contributed by atoms with Gasteiger partial charge in [-0.1, -0.05) is 13.8 Å². The Hall–Kier alpha value is -4.06. The minimum atomic E-state index is -4.80. The molecule has 2 N–H and O–H groups in total. The summed E-state index contributed by atoms with van der Waals surface area (Å²) in [5.74, 6) is -3.58. The molecular formula is C36H42F5N3O4. The fourth-order valence-electron chi connectivity index (χ4n) is 6.79. The smallest absolute Gasteiger partial charge is 0.416 e. The highest BCUT2D eigenvalue weighted by Crippen LogP contribution is 2.36. The zero-order valence-corrected chi connectivity index (χ0v) is 28.0. The van der Waals surface area contributed by atoms with Crippen LogP contribution in [0.2, 0.25) is 0 Å². The lowest BCUT2D eigenvalue weighted by Crippen LogP contribution is -2.41. The fraction of sp³-hybridized carbons (Fsp3) is 0.472. The molecule has 4 rings (SSSR count). The van der Waals surface area contributed by atoms with Crippen molar-refractivity contribution in [3.63, 3.8) is 0 Å². The van der Waals surface area contributed by atoms with E-state index in [1.54, 1.807) is 33.8 Å². The maximum absolute atomic E-state index is 15.8. The lowest BCUT2D eigenvalue weighted by Gasteiger charge is -2.27. The Morgan fingerprint density at radius 3 is 2.21 bits per heavy atom. The zero-order valence-electron chi connectivity index (χ0n) is 28.0. The van der Waals surface area contributed by atoms with Crippen LogP contribution >= 0.6 is 0 Å². The first-order chi connectivity index (χ1) is 22.4. The number of carboxylic acid groups (broad SMARTS) is 1. The molecule has 1 aromatic heterocycles. The summed E-state index contributed by atoms with van der Waals surface area (Å²) in [7, 11) is 1.83. The number of benzene rings is 2. The Balaban J connectivity index is 1.80. The second-order valence-corrected chi connectivity index (χ2v) is 13.4.